The number of carbonyl (C=O) groups is 1. The molecule has 1 aromatic heterocycles. The highest BCUT2D eigenvalue weighted by Crippen LogP contribution is 2.29. The molecule has 0 saturated heterocycles. The Labute approximate surface area is 129 Å². The van der Waals surface area contributed by atoms with E-state index < -0.39 is 5.97 Å². The van der Waals surface area contributed by atoms with Crippen LogP contribution in [0.5, 0.6) is 5.88 Å². The maximum absolute atomic E-state index is 11.1. The Kier molecular flexibility index (Phi) is 5.03. The molecule has 0 atom stereocenters. The summed E-state index contributed by atoms with van der Waals surface area (Å²) in [5.74, 6) is 0.311. The number of carboxylic acid groups (broad SMARTS) is 1. The Hall–Kier alpha value is -1.53. The van der Waals surface area contributed by atoms with Crippen molar-refractivity contribution in [2.75, 3.05) is 7.11 Å². The summed E-state index contributed by atoms with van der Waals surface area (Å²) in [5, 5.41) is 9.09. The molecule has 0 unspecified atom stereocenters. The van der Waals surface area contributed by atoms with Crippen molar-refractivity contribution in [2.24, 2.45) is 0 Å². The van der Waals surface area contributed by atoms with E-state index in [2.05, 4.69) is 20.9 Å². The summed E-state index contributed by atoms with van der Waals surface area (Å²) < 4.78 is 5.77. The van der Waals surface area contributed by atoms with E-state index in [0.29, 0.717) is 16.1 Å². The van der Waals surface area contributed by atoms with E-state index in [4.69, 9.17) is 9.84 Å². The standard InChI is InChI=1S/C14H12BrNO3S/c1-19-13-9(3-2-6-16-13)8-20-10-4-5-12(15)11(7-10)14(17)18/h2-7H,8H2,1H3,(H,17,18). The number of nitrogens with zero attached hydrogens (tertiary/aromatic N) is 1. The Morgan fingerprint density at radius 1 is 1.45 bits per heavy atom. The van der Waals surface area contributed by atoms with Crippen molar-refractivity contribution in [1.29, 1.82) is 0 Å². The number of carboxylic acids is 1. The van der Waals surface area contributed by atoms with Gasteiger partial charge in [0.1, 0.15) is 0 Å². The summed E-state index contributed by atoms with van der Waals surface area (Å²) in [6, 6.07) is 9.06. The molecule has 0 saturated carbocycles. The number of hydrogen-bond donors (Lipinski definition) is 1. The normalized spacial score (nSPS) is 10.3. The zero-order valence-corrected chi connectivity index (χ0v) is 13.1. The fourth-order valence-corrected chi connectivity index (χ4v) is 2.96. The number of ether oxygens (including phenoxy) is 1. The summed E-state index contributed by atoms with van der Waals surface area (Å²) in [7, 11) is 1.58. The van der Waals surface area contributed by atoms with E-state index in [-0.39, 0.29) is 5.56 Å². The molecule has 0 aliphatic heterocycles. The average molecular weight is 354 g/mol. The molecule has 6 heteroatoms. The van der Waals surface area contributed by atoms with Crippen LogP contribution < -0.4 is 4.74 Å². The Bertz CT molecular complexity index is 634. The largest absolute Gasteiger partial charge is 0.481 e. The molecule has 0 radical (unpaired) electrons. The van der Waals surface area contributed by atoms with Gasteiger partial charge in [0.2, 0.25) is 5.88 Å². The van der Waals surface area contributed by atoms with Gasteiger partial charge in [-0.05, 0) is 40.2 Å². The molecule has 20 heavy (non-hydrogen) atoms. The lowest BCUT2D eigenvalue weighted by Crippen LogP contribution is -1.98. The number of hydrogen-bond acceptors (Lipinski definition) is 4. The van der Waals surface area contributed by atoms with Gasteiger partial charge in [0.05, 0.1) is 12.7 Å². The Balaban J connectivity index is 2.15. The van der Waals surface area contributed by atoms with Gasteiger partial charge in [0, 0.05) is 26.9 Å². The van der Waals surface area contributed by atoms with E-state index in [9.17, 15) is 4.79 Å². The number of aromatic nitrogens is 1. The number of aromatic carboxylic acids is 1. The number of pyridine rings is 1. The highest BCUT2D eigenvalue weighted by atomic mass is 79.9. The quantitative estimate of drug-likeness (QED) is 0.827. The van der Waals surface area contributed by atoms with Gasteiger partial charge in [-0.3, -0.25) is 0 Å². The highest BCUT2D eigenvalue weighted by Gasteiger charge is 2.10. The molecule has 0 spiro atoms. The van der Waals surface area contributed by atoms with E-state index in [0.717, 1.165) is 10.5 Å². The molecule has 2 rings (SSSR count). The number of benzene rings is 1. The van der Waals surface area contributed by atoms with Crippen LogP contribution in [0, 0.1) is 0 Å². The van der Waals surface area contributed by atoms with Crippen molar-refractivity contribution in [3.05, 3.63) is 52.1 Å². The first-order chi connectivity index (χ1) is 9.61. The van der Waals surface area contributed by atoms with Crippen LogP contribution in [0.3, 0.4) is 0 Å². The zero-order chi connectivity index (χ0) is 14.5. The van der Waals surface area contributed by atoms with E-state index in [1.807, 2.05) is 18.2 Å². The predicted octanol–water partition coefficient (Wildman–Crippen LogP) is 3.84. The van der Waals surface area contributed by atoms with Crippen molar-refractivity contribution in [1.82, 2.24) is 4.98 Å². The molecular weight excluding hydrogens is 342 g/mol. The van der Waals surface area contributed by atoms with Crippen LogP contribution in [-0.4, -0.2) is 23.2 Å². The van der Waals surface area contributed by atoms with Gasteiger partial charge in [-0.1, -0.05) is 6.07 Å². The summed E-state index contributed by atoms with van der Waals surface area (Å²) in [6.45, 7) is 0. The van der Waals surface area contributed by atoms with Crippen LogP contribution in [0.1, 0.15) is 15.9 Å². The number of halogens is 1. The van der Waals surface area contributed by atoms with E-state index >= 15 is 0 Å². The molecule has 1 heterocycles. The molecule has 1 N–H and O–H groups in total. The van der Waals surface area contributed by atoms with Gasteiger partial charge >= 0.3 is 5.97 Å². The topological polar surface area (TPSA) is 59.4 Å². The minimum atomic E-state index is -0.946. The van der Waals surface area contributed by atoms with Crippen molar-refractivity contribution in [2.45, 2.75) is 10.6 Å². The second-order valence-corrected chi connectivity index (χ2v) is 5.81. The predicted molar refractivity (Wildman–Crippen MR) is 81.5 cm³/mol. The van der Waals surface area contributed by atoms with Crippen LogP contribution in [-0.2, 0) is 5.75 Å². The monoisotopic (exact) mass is 353 g/mol. The number of methoxy groups -OCH3 is 1. The number of thioether (sulfide) groups is 1. The van der Waals surface area contributed by atoms with E-state index in [1.54, 1.807) is 25.4 Å². The van der Waals surface area contributed by atoms with Crippen LogP contribution in [0.15, 0.2) is 45.9 Å². The first-order valence-corrected chi connectivity index (χ1v) is 7.53. The molecule has 0 fully saturated rings. The van der Waals surface area contributed by atoms with Crippen LogP contribution in [0.25, 0.3) is 0 Å². The lowest BCUT2D eigenvalue weighted by molar-refractivity contribution is 0.0695. The molecule has 0 aliphatic carbocycles. The maximum Gasteiger partial charge on any atom is 0.336 e. The van der Waals surface area contributed by atoms with E-state index in [1.165, 1.54) is 11.8 Å². The number of rotatable bonds is 5. The second kappa shape index (κ2) is 6.76. The van der Waals surface area contributed by atoms with Gasteiger partial charge in [-0.25, -0.2) is 9.78 Å². The SMILES string of the molecule is COc1ncccc1CSc1ccc(Br)c(C(=O)O)c1. The average Bonchev–Trinajstić information content (AvgIpc) is 2.46. The Morgan fingerprint density at radius 2 is 2.25 bits per heavy atom. The van der Waals surface area contributed by atoms with Gasteiger partial charge in [-0.15, -0.1) is 11.8 Å². The minimum absolute atomic E-state index is 0.258. The minimum Gasteiger partial charge on any atom is -0.481 e. The van der Waals surface area contributed by atoms with Crippen molar-refractivity contribution in [3.63, 3.8) is 0 Å². The third-order valence-electron chi connectivity index (χ3n) is 2.61. The Morgan fingerprint density at radius 3 is 2.95 bits per heavy atom. The molecule has 1 aromatic carbocycles. The highest BCUT2D eigenvalue weighted by molar-refractivity contribution is 9.10. The second-order valence-electron chi connectivity index (χ2n) is 3.91. The molecule has 2 aromatic rings. The summed E-state index contributed by atoms with van der Waals surface area (Å²) in [6.07, 6.45) is 1.68. The molecule has 104 valence electrons. The van der Waals surface area contributed by atoms with Gasteiger partial charge in [-0.2, -0.15) is 0 Å². The lowest BCUT2D eigenvalue weighted by Gasteiger charge is -2.07. The molecule has 0 amide bonds. The van der Waals surface area contributed by atoms with Crippen molar-refractivity contribution in [3.8, 4) is 5.88 Å². The summed E-state index contributed by atoms with van der Waals surface area (Å²) in [4.78, 5) is 16.1. The molecule has 0 bridgehead atoms. The first-order valence-electron chi connectivity index (χ1n) is 5.75. The van der Waals surface area contributed by atoms with Crippen LogP contribution >= 0.6 is 27.7 Å². The third kappa shape index (κ3) is 3.52. The molecule has 4 nitrogen and oxygen atoms in total. The lowest BCUT2D eigenvalue weighted by atomic mass is 10.2. The third-order valence-corrected chi connectivity index (χ3v) is 4.34. The van der Waals surface area contributed by atoms with Crippen LogP contribution in [0.2, 0.25) is 0 Å². The van der Waals surface area contributed by atoms with Gasteiger partial charge < -0.3 is 9.84 Å². The van der Waals surface area contributed by atoms with Gasteiger partial charge in [0.15, 0.2) is 0 Å². The fraction of sp³-hybridized carbons (Fsp3) is 0.143. The van der Waals surface area contributed by atoms with Crippen molar-refractivity contribution < 1.29 is 14.6 Å². The molecular formula is C14H12BrNO3S. The first kappa shape index (κ1) is 14.9. The van der Waals surface area contributed by atoms with Crippen LogP contribution in [0.4, 0.5) is 0 Å². The maximum atomic E-state index is 11.1. The summed E-state index contributed by atoms with van der Waals surface area (Å²) in [5.41, 5.74) is 1.23. The van der Waals surface area contributed by atoms with Crippen molar-refractivity contribution >= 4 is 33.7 Å². The zero-order valence-electron chi connectivity index (χ0n) is 10.7. The molecule has 0 aliphatic rings. The van der Waals surface area contributed by atoms with Gasteiger partial charge in [0.25, 0.3) is 0 Å². The smallest absolute Gasteiger partial charge is 0.336 e. The fourth-order valence-electron chi connectivity index (χ4n) is 1.64. The summed E-state index contributed by atoms with van der Waals surface area (Å²) >= 11 is 4.77.